The van der Waals surface area contributed by atoms with Crippen LogP contribution >= 0.6 is 23.8 Å². The Kier molecular flexibility index (Phi) is 5.41. The van der Waals surface area contributed by atoms with E-state index in [4.69, 9.17) is 33.7 Å². The number of halogens is 1. The molecular weight excluding hydrogens is 380 g/mol. The van der Waals surface area contributed by atoms with Gasteiger partial charge in [0, 0.05) is 29.4 Å². The Morgan fingerprint density at radius 1 is 1.04 bits per heavy atom. The van der Waals surface area contributed by atoms with Crippen molar-refractivity contribution in [1.82, 2.24) is 19.2 Å². The first-order valence-electron chi connectivity index (χ1n) is 8.95. The maximum Gasteiger partial charge on any atom is 0.204 e. The molecule has 0 saturated carbocycles. The molecule has 1 fully saturated rings. The Morgan fingerprint density at radius 3 is 2.37 bits per heavy atom. The molecule has 2 heterocycles. The Bertz CT molecular complexity index is 973. The van der Waals surface area contributed by atoms with E-state index in [-0.39, 0.29) is 0 Å². The molecule has 7 heteroatoms. The van der Waals surface area contributed by atoms with Crippen molar-refractivity contribution in [2.45, 2.75) is 13.6 Å². The van der Waals surface area contributed by atoms with Crippen LogP contribution in [-0.2, 0) is 11.4 Å². The summed E-state index contributed by atoms with van der Waals surface area (Å²) in [6.07, 6.45) is 0. The van der Waals surface area contributed by atoms with E-state index in [1.54, 1.807) is 0 Å². The third-order valence-electron chi connectivity index (χ3n) is 4.67. The predicted octanol–water partition coefficient (Wildman–Crippen LogP) is 4.32. The number of benzene rings is 2. The van der Waals surface area contributed by atoms with E-state index in [9.17, 15) is 0 Å². The maximum absolute atomic E-state index is 6.07. The Hall–Kier alpha value is -1.99. The van der Waals surface area contributed by atoms with Crippen LogP contribution in [-0.4, -0.2) is 45.6 Å². The third-order valence-corrected chi connectivity index (χ3v) is 5.32. The van der Waals surface area contributed by atoms with Gasteiger partial charge >= 0.3 is 0 Å². The van der Waals surface area contributed by atoms with E-state index in [1.807, 2.05) is 33.5 Å². The van der Waals surface area contributed by atoms with Gasteiger partial charge in [-0.15, -0.1) is 5.10 Å². The number of nitrogens with zero attached hydrogens (tertiary/aromatic N) is 4. The number of aromatic nitrogens is 3. The van der Waals surface area contributed by atoms with Gasteiger partial charge in [0.05, 0.1) is 19.9 Å². The first-order chi connectivity index (χ1) is 13.1. The fourth-order valence-electron chi connectivity index (χ4n) is 3.14. The molecule has 1 aromatic heterocycles. The summed E-state index contributed by atoms with van der Waals surface area (Å²) < 4.78 is 10.0. The van der Waals surface area contributed by atoms with E-state index in [0.29, 0.717) is 16.5 Å². The normalized spacial score (nSPS) is 15.2. The number of hydrogen-bond acceptors (Lipinski definition) is 4. The zero-order valence-corrected chi connectivity index (χ0v) is 16.7. The van der Waals surface area contributed by atoms with E-state index >= 15 is 0 Å². The van der Waals surface area contributed by atoms with Crippen molar-refractivity contribution in [2.24, 2.45) is 0 Å². The van der Waals surface area contributed by atoms with Crippen LogP contribution in [0.1, 0.15) is 5.56 Å². The second-order valence-electron chi connectivity index (χ2n) is 6.66. The van der Waals surface area contributed by atoms with Gasteiger partial charge in [-0.25, -0.2) is 4.68 Å². The summed E-state index contributed by atoms with van der Waals surface area (Å²) in [6, 6.07) is 16.0. The summed E-state index contributed by atoms with van der Waals surface area (Å²) in [6.45, 7) is 5.99. The summed E-state index contributed by atoms with van der Waals surface area (Å²) in [7, 11) is 0. The number of ether oxygens (including phenoxy) is 1. The molecule has 27 heavy (non-hydrogen) atoms. The molecule has 5 nitrogen and oxygen atoms in total. The molecule has 0 radical (unpaired) electrons. The number of rotatable bonds is 4. The molecule has 0 N–H and O–H groups in total. The fraction of sp³-hybridized carbons (Fsp3) is 0.300. The van der Waals surface area contributed by atoms with Gasteiger partial charge in [-0.05, 0) is 55.5 Å². The molecule has 140 valence electrons. The highest BCUT2D eigenvalue weighted by Gasteiger charge is 2.17. The van der Waals surface area contributed by atoms with Crippen molar-refractivity contribution in [3.63, 3.8) is 0 Å². The molecule has 0 unspecified atom stereocenters. The monoisotopic (exact) mass is 400 g/mol. The van der Waals surface area contributed by atoms with Crippen LogP contribution in [0.25, 0.3) is 17.1 Å². The summed E-state index contributed by atoms with van der Waals surface area (Å²) in [5, 5.41) is 5.55. The second kappa shape index (κ2) is 7.94. The Balaban J connectivity index is 1.80. The van der Waals surface area contributed by atoms with Crippen molar-refractivity contribution in [3.05, 3.63) is 63.9 Å². The number of aryl methyl sites for hydroxylation is 1. The molecular formula is C20H21ClN4OS. The molecule has 1 saturated heterocycles. The van der Waals surface area contributed by atoms with Gasteiger partial charge in [-0.2, -0.15) is 0 Å². The first-order valence-corrected chi connectivity index (χ1v) is 9.73. The van der Waals surface area contributed by atoms with Crippen molar-refractivity contribution >= 4 is 23.8 Å². The molecule has 4 rings (SSSR count). The molecule has 0 aliphatic carbocycles. The van der Waals surface area contributed by atoms with Crippen LogP contribution in [0.5, 0.6) is 0 Å². The summed E-state index contributed by atoms with van der Waals surface area (Å²) in [4.78, 5) is 2.30. The van der Waals surface area contributed by atoms with Gasteiger partial charge in [0.25, 0.3) is 0 Å². The molecule has 3 aromatic rings. The van der Waals surface area contributed by atoms with E-state index < -0.39 is 0 Å². The van der Waals surface area contributed by atoms with Crippen molar-refractivity contribution in [1.29, 1.82) is 0 Å². The van der Waals surface area contributed by atoms with Crippen LogP contribution < -0.4 is 0 Å². The van der Waals surface area contributed by atoms with Gasteiger partial charge in [-0.3, -0.25) is 9.47 Å². The van der Waals surface area contributed by atoms with E-state index in [2.05, 4.69) is 36.1 Å². The van der Waals surface area contributed by atoms with Crippen LogP contribution in [0, 0.1) is 11.7 Å². The Morgan fingerprint density at radius 2 is 1.70 bits per heavy atom. The topological polar surface area (TPSA) is 35.2 Å². The van der Waals surface area contributed by atoms with Crippen LogP contribution in [0.4, 0.5) is 0 Å². The minimum absolute atomic E-state index is 0.654. The highest BCUT2D eigenvalue weighted by Crippen LogP contribution is 2.24. The highest BCUT2D eigenvalue weighted by molar-refractivity contribution is 7.71. The first kappa shape index (κ1) is 18.4. The number of hydrogen-bond donors (Lipinski definition) is 0. The second-order valence-corrected chi connectivity index (χ2v) is 7.46. The average Bonchev–Trinajstić information content (AvgIpc) is 3.00. The summed E-state index contributed by atoms with van der Waals surface area (Å²) in [5.41, 5.74) is 3.19. The predicted molar refractivity (Wildman–Crippen MR) is 110 cm³/mol. The zero-order valence-electron chi connectivity index (χ0n) is 15.1. The van der Waals surface area contributed by atoms with Crippen LogP contribution in [0.3, 0.4) is 0 Å². The quantitative estimate of drug-likeness (QED) is 0.611. The van der Waals surface area contributed by atoms with E-state index in [1.165, 1.54) is 5.56 Å². The van der Waals surface area contributed by atoms with E-state index in [0.717, 1.165) is 43.4 Å². The molecule has 0 atom stereocenters. The van der Waals surface area contributed by atoms with Gasteiger partial charge in [0.2, 0.25) is 4.77 Å². The van der Waals surface area contributed by atoms with Crippen LogP contribution in [0.2, 0.25) is 5.02 Å². The van der Waals surface area contributed by atoms with Gasteiger partial charge in [-0.1, -0.05) is 29.3 Å². The van der Waals surface area contributed by atoms with Gasteiger partial charge in [0.15, 0.2) is 5.82 Å². The van der Waals surface area contributed by atoms with Gasteiger partial charge < -0.3 is 4.74 Å². The molecule has 0 amide bonds. The van der Waals surface area contributed by atoms with Gasteiger partial charge in [0.1, 0.15) is 0 Å². The minimum Gasteiger partial charge on any atom is -0.379 e. The summed E-state index contributed by atoms with van der Waals surface area (Å²) in [5.74, 6) is 0.814. The molecule has 0 spiro atoms. The molecule has 0 bridgehead atoms. The molecule has 1 aliphatic heterocycles. The fourth-order valence-corrected chi connectivity index (χ4v) is 3.56. The zero-order chi connectivity index (χ0) is 18.8. The lowest BCUT2D eigenvalue weighted by atomic mass is 10.2. The smallest absolute Gasteiger partial charge is 0.204 e. The van der Waals surface area contributed by atoms with Crippen molar-refractivity contribution in [2.75, 3.05) is 26.3 Å². The average molecular weight is 401 g/mol. The number of morpholine rings is 1. The highest BCUT2D eigenvalue weighted by atomic mass is 35.5. The maximum atomic E-state index is 6.07. The minimum atomic E-state index is 0.654. The lowest BCUT2D eigenvalue weighted by Gasteiger charge is -2.26. The SMILES string of the molecule is Cc1ccc(-n2c(-c3ccc(Cl)cc3)nn(CN3CCOCC3)c2=S)cc1. The lowest BCUT2D eigenvalue weighted by Crippen LogP contribution is -2.37. The third kappa shape index (κ3) is 3.99. The Labute approximate surface area is 168 Å². The standard InChI is InChI=1S/C20H21ClN4OS/c1-15-2-8-18(9-3-15)25-19(16-4-6-17(21)7-5-16)22-24(20(25)27)14-23-10-12-26-13-11-23/h2-9H,10-14H2,1H3. The lowest BCUT2D eigenvalue weighted by molar-refractivity contribution is 0.0210. The molecule has 2 aromatic carbocycles. The summed E-state index contributed by atoms with van der Waals surface area (Å²) >= 11 is 11.9. The largest absolute Gasteiger partial charge is 0.379 e. The van der Waals surface area contributed by atoms with Crippen LogP contribution in [0.15, 0.2) is 48.5 Å². The molecule has 1 aliphatic rings. The van der Waals surface area contributed by atoms with Crippen molar-refractivity contribution < 1.29 is 4.74 Å². The van der Waals surface area contributed by atoms with Crippen molar-refractivity contribution in [3.8, 4) is 17.1 Å².